The van der Waals surface area contributed by atoms with Crippen molar-refractivity contribution in [1.29, 1.82) is 0 Å². The molecule has 1 unspecified atom stereocenters. The van der Waals surface area contributed by atoms with Gasteiger partial charge in [0.05, 0.1) is 12.7 Å². The summed E-state index contributed by atoms with van der Waals surface area (Å²) in [7, 11) is -2.51. The van der Waals surface area contributed by atoms with Crippen molar-refractivity contribution in [3.8, 4) is 0 Å². The van der Waals surface area contributed by atoms with E-state index in [9.17, 15) is 5.11 Å². The summed E-state index contributed by atoms with van der Waals surface area (Å²) in [6, 6.07) is 31.4. The Balaban J connectivity index is 1.73. The van der Waals surface area contributed by atoms with Gasteiger partial charge >= 0.3 is 0 Å². The molecule has 2 nitrogen and oxygen atoms in total. The molecule has 0 aliphatic rings. The lowest BCUT2D eigenvalue weighted by Gasteiger charge is -2.42. The van der Waals surface area contributed by atoms with E-state index in [0.717, 1.165) is 24.0 Å². The maximum absolute atomic E-state index is 10.6. The van der Waals surface area contributed by atoms with Gasteiger partial charge in [-0.1, -0.05) is 129 Å². The molecule has 184 valence electrons. The van der Waals surface area contributed by atoms with Crippen LogP contribution >= 0.6 is 0 Å². The van der Waals surface area contributed by atoms with E-state index in [-0.39, 0.29) is 5.04 Å². The van der Waals surface area contributed by atoms with Gasteiger partial charge in [0.2, 0.25) is 0 Å². The van der Waals surface area contributed by atoms with Gasteiger partial charge in [-0.3, -0.25) is 0 Å². The third-order valence-corrected chi connectivity index (χ3v) is 11.7. The Kier molecular flexibility index (Phi) is 9.45. The number of benzene rings is 3. The molecule has 0 fully saturated rings. The van der Waals surface area contributed by atoms with Crippen LogP contribution in [0, 0.1) is 0 Å². The molecule has 1 N–H and O–H groups in total. The molecule has 1 atom stereocenters. The van der Waals surface area contributed by atoms with Crippen LogP contribution in [0.1, 0.15) is 59.1 Å². The fraction of sp³-hybridized carbons (Fsp3) is 0.312. The molecule has 0 amide bonds. The lowest BCUT2D eigenvalue weighted by atomic mass is 10.0. The SMILES string of the molecule is C/C(=C/CC/C(C)=C/CO[Si](c1ccccc1)(c1ccccc1)C(C)(C)C)C(O)c1ccccc1. The number of aliphatic hydroxyl groups is 1. The van der Waals surface area contributed by atoms with Crippen molar-refractivity contribution in [3.05, 3.63) is 120 Å². The van der Waals surface area contributed by atoms with Crippen LogP contribution in [0.25, 0.3) is 0 Å². The van der Waals surface area contributed by atoms with E-state index >= 15 is 0 Å². The number of hydrogen-bond acceptors (Lipinski definition) is 2. The van der Waals surface area contributed by atoms with Gasteiger partial charge in [0.15, 0.2) is 0 Å². The number of aliphatic hydroxyl groups excluding tert-OH is 1. The molecule has 3 heteroatoms. The highest BCUT2D eigenvalue weighted by Crippen LogP contribution is 2.36. The molecule has 0 spiro atoms. The van der Waals surface area contributed by atoms with Crippen LogP contribution in [0.2, 0.25) is 5.04 Å². The van der Waals surface area contributed by atoms with Crippen molar-refractivity contribution in [2.75, 3.05) is 6.61 Å². The summed E-state index contributed by atoms with van der Waals surface area (Å²) in [6.45, 7) is 11.7. The molecule has 0 aliphatic heterocycles. The Morgan fingerprint density at radius 2 is 1.29 bits per heavy atom. The van der Waals surface area contributed by atoms with E-state index in [0.29, 0.717) is 6.61 Å². The second kappa shape index (κ2) is 12.3. The van der Waals surface area contributed by atoms with Gasteiger partial charge in [0, 0.05) is 0 Å². The minimum Gasteiger partial charge on any atom is -0.404 e. The lowest BCUT2D eigenvalue weighted by molar-refractivity contribution is 0.215. The largest absolute Gasteiger partial charge is 0.404 e. The standard InChI is InChI=1S/C32H40O2Si/c1-26(16-15-17-27(2)31(33)28-18-9-6-10-19-28)24-25-34-35(32(3,4)5,29-20-11-7-12-21-29)30-22-13-8-14-23-30/h6-14,17-24,31,33H,15-16,25H2,1-5H3/b26-24+,27-17-. The fourth-order valence-electron chi connectivity index (χ4n) is 4.71. The summed E-state index contributed by atoms with van der Waals surface area (Å²) in [5.41, 5.74) is 3.24. The topological polar surface area (TPSA) is 29.5 Å². The molecule has 3 aromatic carbocycles. The molecule has 3 rings (SSSR count). The summed E-state index contributed by atoms with van der Waals surface area (Å²) in [4.78, 5) is 0. The van der Waals surface area contributed by atoms with Crippen molar-refractivity contribution < 1.29 is 9.53 Å². The molecular weight excluding hydrogens is 444 g/mol. The zero-order chi connectivity index (χ0) is 25.3. The van der Waals surface area contributed by atoms with E-state index in [2.05, 4.69) is 101 Å². The highest BCUT2D eigenvalue weighted by atomic mass is 28.4. The van der Waals surface area contributed by atoms with Gasteiger partial charge in [-0.05, 0) is 53.2 Å². The molecule has 0 saturated carbocycles. The zero-order valence-electron chi connectivity index (χ0n) is 21.9. The van der Waals surface area contributed by atoms with E-state index in [1.807, 2.05) is 37.3 Å². The molecule has 0 aromatic heterocycles. The minimum absolute atomic E-state index is 0.0229. The zero-order valence-corrected chi connectivity index (χ0v) is 22.9. The van der Waals surface area contributed by atoms with Gasteiger partial charge in [-0.15, -0.1) is 0 Å². The molecule has 3 aromatic rings. The second-order valence-corrected chi connectivity index (χ2v) is 14.6. The smallest absolute Gasteiger partial charge is 0.261 e. The van der Waals surface area contributed by atoms with Crippen molar-refractivity contribution in [3.63, 3.8) is 0 Å². The Morgan fingerprint density at radius 1 is 0.800 bits per heavy atom. The second-order valence-electron chi connectivity index (χ2n) is 10.3. The molecular formula is C32H40O2Si. The van der Waals surface area contributed by atoms with Crippen LogP contribution in [-0.4, -0.2) is 20.0 Å². The van der Waals surface area contributed by atoms with Gasteiger partial charge in [0.1, 0.15) is 0 Å². The van der Waals surface area contributed by atoms with Crippen molar-refractivity contribution in [2.24, 2.45) is 0 Å². The lowest BCUT2D eigenvalue weighted by Crippen LogP contribution is -2.66. The fourth-order valence-corrected chi connectivity index (χ4v) is 9.20. The van der Waals surface area contributed by atoms with Crippen LogP contribution in [0.15, 0.2) is 114 Å². The average Bonchev–Trinajstić information content (AvgIpc) is 2.87. The van der Waals surface area contributed by atoms with E-state index < -0.39 is 14.4 Å². The maximum atomic E-state index is 10.6. The van der Waals surface area contributed by atoms with Crippen LogP contribution in [0.5, 0.6) is 0 Å². The molecule has 0 aliphatic carbocycles. The first-order valence-electron chi connectivity index (χ1n) is 12.6. The Labute approximate surface area is 213 Å². The molecule has 0 heterocycles. The maximum Gasteiger partial charge on any atom is 0.261 e. The predicted molar refractivity (Wildman–Crippen MR) is 152 cm³/mol. The van der Waals surface area contributed by atoms with Crippen molar-refractivity contribution in [1.82, 2.24) is 0 Å². The third kappa shape index (κ3) is 6.70. The van der Waals surface area contributed by atoms with Crippen molar-refractivity contribution in [2.45, 2.75) is 58.6 Å². The van der Waals surface area contributed by atoms with E-state index in [1.165, 1.54) is 15.9 Å². The first-order valence-corrected chi connectivity index (χ1v) is 14.5. The normalized spacial score (nSPS) is 14.1. The van der Waals surface area contributed by atoms with E-state index in [4.69, 9.17) is 4.43 Å². The monoisotopic (exact) mass is 484 g/mol. The van der Waals surface area contributed by atoms with E-state index in [1.54, 1.807) is 0 Å². The number of rotatable bonds is 10. The van der Waals surface area contributed by atoms with Gasteiger partial charge in [0.25, 0.3) is 8.32 Å². The summed E-state index contributed by atoms with van der Waals surface area (Å²) < 4.78 is 6.97. The van der Waals surface area contributed by atoms with Crippen LogP contribution < -0.4 is 10.4 Å². The highest BCUT2D eigenvalue weighted by molar-refractivity contribution is 6.99. The molecule has 35 heavy (non-hydrogen) atoms. The summed E-state index contributed by atoms with van der Waals surface area (Å²) in [5, 5.41) is 13.2. The molecule has 0 bridgehead atoms. The molecule has 0 saturated heterocycles. The van der Waals surface area contributed by atoms with Crippen LogP contribution in [0.4, 0.5) is 0 Å². The summed E-state index contributed by atoms with van der Waals surface area (Å²) in [6.07, 6.45) is 5.69. The van der Waals surface area contributed by atoms with Gasteiger partial charge < -0.3 is 9.53 Å². The predicted octanol–water partition coefficient (Wildman–Crippen LogP) is 6.97. The van der Waals surface area contributed by atoms with Crippen LogP contribution in [-0.2, 0) is 4.43 Å². The Morgan fingerprint density at radius 3 is 1.77 bits per heavy atom. The first kappa shape index (κ1) is 26.9. The Bertz CT molecular complexity index is 1060. The Hall–Kier alpha value is -2.72. The highest BCUT2D eigenvalue weighted by Gasteiger charge is 2.49. The quantitative estimate of drug-likeness (QED) is 0.249. The first-order chi connectivity index (χ1) is 16.8. The minimum atomic E-state index is -2.51. The van der Waals surface area contributed by atoms with Crippen LogP contribution in [0.3, 0.4) is 0 Å². The van der Waals surface area contributed by atoms with Crippen molar-refractivity contribution >= 4 is 18.7 Å². The molecule has 0 radical (unpaired) electrons. The average molecular weight is 485 g/mol. The summed E-state index contributed by atoms with van der Waals surface area (Å²) in [5.74, 6) is 0. The summed E-state index contributed by atoms with van der Waals surface area (Å²) >= 11 is 0. The number of hydrogen-bond donors (Lipinski definition) is 1. The third-order valence-electron chi connectivity index (χ3n) is 6.70. The van der Waals surface area contributed by atoms with Gasteiger partial charge in [-0.2, -0.15) is 0 Å². The van der Waals surface area contributed by atoms with Gasteiger partial charge in [-0.25, -0.2) is 0 Å². The number of allylic oxidation sites excluding steroid dienone is 2.